The van der Waals surface area contributed by atoms with Crippen LogP contribution in [0.25, 0.3) is 0 Å². The van der Waals surface area contributed by atoms with Crippen molar-refractivity contribution in [3.63, 3.8) is 0 Å². The summed E-state index contributed by atoms with van der Waals surface area (Å²) in [5, 5.41) is 0.754. The van der Waals surface area contributed by atoms with Gasteiger partial charge in [-0.2, -0.15) is 0 Å². The fourth-order valence-corrected chi connectivity index (χ4v) is 2.18. The molecule has 0 aliphatic carbocycles. The van der Waals surface area contributed by atoms with Gasteiger partial charge in [-0.15, -0.1) is 0 Å². The van der Waals surface area contributed by atoms with Crippen molar-refractivity contribution in [2.24, 2.45) is 0 Å². The van der Waals surface area contributed by atoms with Crippen molar-refractivity contribution >= 4 is 11.6 Å². The van der Waals surface area contributed by atoms with E-state index >= 15 is 0 Å². The first-order valence-corrected chi connectivity index (χ1v) is 6.11. The van der Waals surface area contributed by atoms with E-state index in [4.69, 9.17) is 11.6 Å². The highest BCUT2D eigenvalue weighted by atomic mass is 35.5. The lowest BCUT2D eigenvalue weighted by atomic mass is 10.0. The predicted molar refractivity (Wildman–Crippen MR) is 68.6 cm³/mol. The van der Waals surface area contributed by atoms with Crippen LogP contribution in [0.15, 0.2) is 24.3 Å². The fourth-order valence-electron chi connectivity index (χ4n) is 1.99. The zero-order valence-corrected chi connectivity index (χ0v) is 10.3. The number of hydrogen-bond acceptors (Lipinski definition) is 1. The second-order valence-electron chi connectivity index (χ2n) is 4.27. The predicted octanol–water partition coefficient (Wildman–Crippen LogP) is 3.18. The lowest BCUT2D eigenvalue weighted by Gasteiger charge is -2.28. The molecule has 0 aromatic heterocycles. The van der Waals surface area contributed by atoms with Crippen LogP contribution < -0.4 is 0 Å². The summed E-state index contributed by atoms with van der Waals surface area (Å²) >= 11 is 5.92. The average molecular weight is 234 g/mol. The maximum absolute atomic E-state index is 5.92. The molecule has 0 N–H and O–H groups in total. The summed E-state index contributed by atoms with van der Waals surface area (Å²) in [7, 11) is 2.15. The van der Waals surface area contributed by atoms with Crippen LogP contribution in [-0.4, -0.2) is 24.5 Å². The smallest absolute Gasteiger partial charge is 0.0715 e. The van der Waals surface area contributed by atoms with E-state index < -0.39 is 0 Å². The third kappa shape index (κ3) is 3.01. The van der Waals surface area contributed by atoms with Crippen molar-refractivity contribution in [1.82, 2.24) is 4.90 Å². The Bertz CT molecular complexity index is 416. The Balaban J connectivity index is 2.08. The summed E-state index contributed by atoms with van der Waals surface area (Å²) in [6.45, 7) is 1.16. The van der Waals surface area contributed by atoms with Crippen LogP contribution in [0.3, 0.4) is 0 Å². The maximum Gasteiger partial charge on any atom is 0.0715 e. The van der Waals surface area contributed by atoms with Gasteiger partial charge in [0.15, 0.2) is 0 Å². The van der Waals surface area contributed by atoms with Gasteiger partial charge in [0.25, 0.3) is 0 Å². The second-order valence-corrected chi connectivity index (χ2v) is 4.71. The molecule has 0 spiro atoms. The van der Waals surface area contributed by atoms with Gasteiger partial charge in [0.2, 0.25) is 0 Å². The SMILES string of the molecule is CN1CCCC[C@@H]1C#Cc1cccc(Cl)c1. The molecular formula is C14H16ClN. The highest BCUT2D eigenvalue weighted by Gasteiger charge is 2.15. The Morgan fingerprint density at radius 3 is 3.00 bits per heavy atom. The summed E-state index contributed by atoms with van der Waals surface area (Å²) in [6.07, 6.45) is 3.77. The van der Waals surface area contributed by atoms with E-state index in [1.54, 1.807) is 0 Å². The Labute approximate surface area is 102 Å². The molecule has 1 aromatic rings. The van der Waals surface area contributed by atoms with Gasteiger partial charge in [-0.1, -0.05) is 29.5 Å². The number of benzene rings is 1. The zero-order chi connectivity index (χ0) is 11.4. The number of piperidine rings is 1. The fraction of sp³-hybridized carbons (Fsp3) is 0.429. The van der Waals surface area contributed by atoms with Gasteiger partial charge in [-0.05, 0) is 51.1 Å². The third-order valence-electron chi connectivity index (χ3n) is 2.98. The minimum Gasteiger partial charge on any atom is -0.293 e. The van der Waals surface area contributed by atoms with E-state index in [0.717, 1.165) is 17.1 Å². The molecule has 1 atom stereocenters. The highest BCUT2D eigenvalue weighted by Crippen LogP contribution is 2.14. The van der Waals surface area contributed by atoms with Crippen molar-refractivity contribution in [2.75, 3.05) is 13.6 Å². The summed E-state index contributed by atoms with van der Waals surface area (Å²) in [6, 6.07) is 8.14. The lowest BCUT2D eigenvalue weighted by Crippen LogP contribution is -2.34. The van der Waals surface area contributed by atoms with Crippen molar-refractivity contribution in [2.45, 2.75) is 25.3 Å². The summed E-state index contributed by atoms with van der Waals surface area (Å²) < 4.78 is 0. The molecule has 1 aromatic carbocycles. The van der Waals surface area contributed by atoms with E-state index in [9.17, 15) is 0 Å². The van der Waals surface area contributed by atoms with Gasteiger partial charge in [0.1, 0.15) is 0 Å². The van der Waals surface area contributed by atoms with Crippen LogP contribution in [0, 0.1) is 11.8 Å². The molecule has 2 heteroatoms. The van der Waals surface area contributed by atoms with Crippen LogP contribution in [0.1, 0.15) is 24.8 Å². The van der Waals surface area contributed by atoms with Gasteiger partial charge in [0, 0.05) is 10.6 Å². The van der Waals surface area contributed by atoms with Crippen LogP contribution >= 0.6 is 11.6 Å². The van der Waals surface area contributed by atoms with Gasteiger partial charge in [-0.25, -0.2) is 0 Å². The number of rotatable bonds is 0. The van der Waals surface area contributed by atoms with E-state index in [-0.39, 0.29) is 0 Å². The normalized spacial score (nSPS) is 21.2. The third-order valence-corrected chi connectivity index (χ3v) is 3.21. The molecule has 2 rings (SSSR count). The maximum atomic E-state index is 5.92. The standard InChI is InChI=1S/C14H16ClN/c1-16-10-3-2-7-14(16)9-8-12-5-4-6-13(15)11-12/h4-6,11,14H,2-3,7,10H2,1H3/t14-/m1/s1. The molecule has 0 radical (unpaired) electrons. The largest absolute Gasteiger partial charge is 0.293 e. The van der Waals surface area contributed by atoms with Gasteiger partial charge in [0.05, 0.1) is 6.04 Å². The molecule has 84 valence electrons. The molecule has 0 saturated carbocycles. The van der Waals surface area contributed by atoms with E-state index in [1.165, 1.54) is 19.3 Å². The first kappa shape index (κ1) is 11.5. The molecule has 16 heavy (non-hydrogen) atoms. The minimum atomic E-state index is 0.410. The van der Waals surface area contributed by atoms with Crippen molar-refractivity contribution in [3.05, 3.63) is 34.9 Å². The highest BCUT2D eigenvalue weighted by molar-refractivity contribution is 6.30. The Kier molecular flexibility index (Phi) is 3.88. The molecule has 0 bridgehead atoms. The summed E-state index contributed by atoms with van der Waals surface area (Å²) in [5.41, 5.74) is 1.01. The summed E-state index contributed by atoms with van der Waals surface area (Å²) in [5.74, 6) is 6.54. The molecular weight excluding hydrogens is 218 g/mol. The number of likely N-dealkylation sites (tertiary alicyclic amines) is 1. The first-order chi connectivity index (χ1) is 7.75. The van der Waals surface area contributed by atoms with Crippen molar-refractivity contribution in [1.29, 1.82) is 0 Å². The van der Waals surface area contributed by atoms with E-state index in [0.29, 0.717) is 6.04 Å². The molecule has 0 unspecified atom stereocenters. The number of nitrogens with zero attached hydrogens (tertiary/aromatic N) is 1. The van der Waals surface area contributed by atoms with Crippen LogP contribution in [0.2, 0.25) is 5.02 Å². The van der Waals surface area contributed by atoms with E-state index in [2.05, 4.69) is 23.8 Å². The quantitative estimate of drug-likeness (QED) is 0.623. The Morgan fingerprint density at radius 2 is 2.25 bits per heavy atom. The van der Waals surface area contributed by atoms with Crippen LogP contribution in [-0.2, 0) is 0 Å². The van der Waals surface area contributed by atoms with Crippen molar-refractivity contribution in [3.8, 4) is 11.8 Å². The minimum absolute atomic E-state index is 0.410. The topological polar surface area (TPSA) is 3.24 Å². The van der Waals surface area contributed by atoms with Gasteiger partial charge < -0.3 is 0 Å². The first-order valence-electron chi connectivity index (χ1n) is 5.73. The lowest BCUT2D eigenvalue weighted by molar-refractivity contribution is 0.229. The van der Waals surface area contributed by atoms with Gasteiger partial charge >= 0.3 is 0 Å². The molecule has 1 aliphatic rings. The molecule has 0 amide bonds. The molecule has 1 saturated heterocycles. The van der Waals surface area contributed by atoms with Crippen molar-refractivity contribution < 1.29 is 0 Å². The van der Waals surface area contributed by atoms with Gasteiger partial charge in [-0.3, -0.25) is 4.90 Å². The molecule has 1 fully saturated rings. The monoisotopic (exact) mass is 233 g/mol. The molecule has 1 nitrogen and oxygen atoms in total. The average Bonchev–Trinajstić information content (AvgIpc) is 2.28. The Hall–Kier alpha value is -0.970. The number of hydrogen-bond donors (Lipinski definition) is 0. The van der Waals surface area contributed by atoms with Crippen LogP contribution in [0.4, 0.5) is 0 Å². The molecule has 1 heterocycles. The second kappa shape index (κ2) is 5.39. The molecule has 1 aliphatic heterocycles. The zero-order valence-electron chi connectivity index (χ0n) is 9.54. The Morgan fingerprint density at radius 1 is 1.38 bits per heavy atom. The van der Waals surface area contributed by atoms with Crippen LogP contribution in [0.5, 0.6) is 0 Å². The summed E-state index contributed by atoms with van der Waals surface area (Å²) in [4.78, 5) is 2.33. The van der Waals surface area contributed by atoms with E-state index in [1.807, 2.05) is 24.3 Å². The number of halogens is 1.